The predicted octanol–water partition coefficient (Wildman–Crippen LogP) is 3.87. The monoisotopic (exact) mass is 413 g/mol. The lowest BCUT2D eigenvalue weighted by Gasteiger charge is -2.27. The fourth-order valence-corrected chi connectivity index (χ4v) is 3.54. The average molecular weight is 414 g/mol. The van der Waals surface area contributed by atoms with Crippen molar-refractivity contribution in [3.63, 3.8) is 0 Å². The zero-order valence-corrected chi connectivity index (χ0v) is 18.2. The van der Waals surface area contributed by atoms with Crippen molar-refractivity contribution < 1.29 is 24.2 Å². The van der Waals surface area contributed by atoms with Crippen LogP contribution in [0.1, 0.15) is 44.2 Å². The number of amides is 1. The standard InChI is InChI=1S/C24H31NO5/c1-15(2)14-21(24(28)30-5)25-23(27)16(3)22(17-6-10-19(26)11-7-17)18-8-12-20(29-4)13-9-18/h6-13,15-16,21-22,26H,14H2,1-5H3,(H,25,27)/t16-,21-,22?/m0/s1. The van der Waals surface area contributed by atoms with Gasteiger partial charge in [0.25, 0.3) is 0 Å². The van der Waals surface area contributed by atoms with E-state index in [0.29, 0.717) is 6.42 Å². The molecular weight excluding hydrogens is 382 g/mol. The van der Waals surface area contributed by atoms with Crippen molar-refractivity contribution in [3.05, 3.63) is 59.7 Å². The van der Waals surface area contributed by atoms with E-state index in [-0.39, 0.29) is 23.5 Å². The first kappa shape index (κ1) is 23.3. The molecule has 0 radical (unpaired) electrons. The van der Waals surface area contributed by atoms with E-state index in [1.807, 2.05) is 45.0 Å². The number of hydrogen-bond donors (Lipinski definition) is 2. The van der Waals surface area contributed by atoms with Gasteiger partial charge < -0.3 is 19.9 Å². The highest BCUT2D eigenvalue weighted by atomic mass is 16.5. The summed E-state index contributed by atoms with van der Waals surface area (Å²) in [5.74, 6) is -0.319. The molecule has 1 unspecified atom stereocenters. The largest absolute Gasteiger partial charge is 0.508 e. The van der Waals surface area contributed by atoms with Gasteiger partial charge in [0.15, 0.2) is 0 Å². The van der Waals surface area contributed by atoms with Crippen LogP contribution in [0.5, 0.6) is 11.5 Å². The maximum atomic E-state index is 13.1. The van der Waals surface area contributed by atoms with E-state index in [4.69, 9.17) is 9.47 Å². The molecule has 0 aromatic heterocycles. The van der Waals surface area contributed by atoms with E-state index in [1.165, 1.54) is 7.11 Å². The molecule has 6 nitrogen and oxygen atoms in total. The van der Waals surface area contributed by atoms with E-state index >= 15 is 0 Å². The minimum atomic E-state index is -0.693. The molecule has 6 heteroatoms. The van der Waals surface area contributed by atoms with E-state index in [0.717, 1.165) is 16.9 Å². The molecule has 1 amide bonds. The lowest BCUT2D eigenvalue weighted by atomic mass is 9.81. The van der Waals surface area contributed by atoms with E-state index in [1.54, 1.807) is 31.4 Å². The van der Waals surface area contributed by atoms with Gasteiger partial charge in [-0.1, -0.05) is 45.0 Å². The Bertz CT molecular complexity index is 830. The Labute approximate surface area is 178 Å². The highest BCUT2D eigenvalue weighted by Crippen LogP contribution is 2.34. The van der Waals surface area contributed by atoms with Crippen LogP contribution in [0.2, 0.25) is 0 Å². The topological polar surface area (TPSA) is 84.9 Å². The second-order valence-corrected chi connectivity index (χ2v) is 7.84. The third kappa shape index (κ3) is 5.99. The number of phenols is 1. The zero-order valence-electron chi connectivity index (χ0n) is 18.2. The van der Waals surface area contributed by atoms with Crippen molar-refractivity contribution in [1.82, 2.24) is 5.32 Å². The molecule has 0 bridgehead atoms. The Hall–Kier alpha value is -3.02. The summed E-state index contributed by atoms with van der Waals surface area (Å²) in [7, 11) is 2.92. The minimum Gasteiger partial charge on any atom is -0.508 e. The molecule has 162 valence electrons. The lowest BCUT2D eigenvalue weighted by molar-refractivity contribution is -0.146. The number of methoxy groups -OCH3 is 2. The van der Waals surface area contributed by atoms with Gasteiger partial charge in [0.05, 0.1) is 14.2 Å². The summed E-state index contributed by atoms with van der Waals surface area (Å²) in [6.07, 6.45) is 0.498. The number of carbonyl (C=O) groups is 2. The quantitative estimate of drug-likeness (QED) is 0.610. The van der Waals surface area contributed by atoms with Crippen LogP contribution in [0, 0.1) is 11.8 Å². The van der Waals surface area contributed by atoms with Crippen molar-refractivity contribution >= 4 is 11.9 Å². The molecule has 2 aromatic carbocycles. The second kappa shape index (κ2) is 10.7. The van der Waals surface area contributed by atoms with E-state index in [9.17, 15) is 14.7 Å². The Kier molecular flexibility index (Phi) is 8.27. The van der Waals surface area contributed by atoms with E-state index < -0.39 is 17.9 Å². The molecular formula is C24H31NO5. The van der Waals surface area contributed by atoms with Gasteiger partial charge in [-0.25, -0.2) is 4.79 Å². The first-order chi connectivity index (χ1) is 14.3. The number of hydrogen-bond acceptors (Lipinski definition) is 5. The summed E-state index contributed by atoms with van der Waals surface area (Å²) in [6, 6.07) is 13.7. The van der Waals surface area contributed by atoms with Gasteiger partial charge >= 0.3 is 5.97 Å². The van der Waals surface area contributed by atoms with Crippen molar-refractivity contribution in [2.24, 2.45) is 11.8 Å². The van der Waals surface area contributed by atoms with Crippen LogP contribution in [-0.4, -0.2) is 37.2 Å². The second-order valence-electron chi connectivity index (χ2n) is 7.84. The third-order valence-corrected chi connectivity index (χ3v) is 5.15. The van der Waals surface area contributed by atoms with Gasteiger partial charge in [-0.3, -0.25) is 4.79 Å². The summed E-state index contributed by atoms with van der Waals surface area (Å²) >= 11 is 0. The van der Waals surface area contributed by atoms with Crippen molar-refractivity contribution in [2.45, 2.75) is 39.2 Å². The van der Waals surface area contributed by atoms with Gasteiger partial charge in [0.2, 0.25) is 5.91 Å². The van der Waals surface area contributed by atoms with Gasteiger partial charge in [0.1, 0.15) is 17.5 Å². The van der Waals surface area contributed by atoms with Gasteiger partial charge in [-0.05, 0) is 47.7 Å². The summed E-state index contributed by atoms with van der Waals surface area (Å²) in [5.41, 5.74) is 1.82. The number of rotatable bonds is 9. The van der Waals surface area contributed by atoms with Crippen LogP contribution in [0.4, 0.5) is 0 Å². The normalized spacial score (nSPS) is 13.9. The van der Waals surface area contributed by atoms with Crippen molar-refractivity contribution in [3.8, 4) is 11.5 Å². The van der Waals surface area contributed by atoms with Crippen LogP contribution < -0.4 is 10.1 Å². The summed E-state index contributed by atoms with van der Waals surface area (Å²) in [5, 5.41) is 12.5. The molecule has 0 spiro atoms. The Morgan fingerprint density at radius 3 is 1.93 bits per heavy atom. The fourth-order valence-electron chi connectivity index (χ4n) is 3.54. The average Bonchev–Trinajstić information content (AvgIpc) is 2.74. The van der Waals surface area contributed by atoms with Crippen molar-refractivity contribution in [1.29, 1.82) is 0 Å². The number of benzene rings is 2. The Morgan fingerprint density at radius 2 is 1.47 bits per heavy atom. The molecule has 0 aliphatic carbocycles. The smallest absolute Gasteiger partial charge is 0.328 e. The predicted molar refractivity (Wildman–Crippen MR) is 116 cm³/mol. The molecule has 0 saturated carbocycles. The number of phenolic OH excluding ortho intramolecular Hbond substituents is 1. The summed E-state index contributed by atoms with van der Waals surface area (Å²) in [4.78, 5) is 25.3. The number of esters is 1. The first-order valence-corrected chi connectivity index (χ1v) is 10.1. The molecule has 3 atom stereocenters. The molecule has 0 saturated heterocycles. The maximum absolute atomic E-state index is 13.1. The summed E-state index contributed by atoms with van der Waals surface area (Å²) < 4.78 is 10.1. The number of nitrogens with one attached hydrogen (secondary N) is 1. The molecule has 0 aliphatic heterocycles. The minimum absolute atomic E-state index is 0.159. The first-order valence-electron chi connectivity index (χ1n) is 10.1. The summed E-state index contributed by atoms with van der Waals surface area (Å²) in [6.45, 7) is 5.81. The van der Waals surface area contributed by atoms with Gasteiger partial charge in [-0.2, -0.15) is 0 Å². The van der Waals surface area contributed by atoms with Crippen LogP contribution >= 0.6 is 0 Å². The molecule has 0 fully saturated rings. The SMILES string of the molecule is COC(=O)[C@H](CC(C)C)NC(=O)[C@@H](C)C(c1ccc(O)cc1)c1ccc(OC)cc1. The molecule has 2 N–H and O–H groups in total. The van der Waals surface area contributed by atoms with Crippen LogP contribution in [0.15, 0.2) is 48.5 Å². The molecule has 0 heterocycles. The Balaban J connectivity index is 2.34. The fraction of sp³-hybridized carbons (Fsp3) is 0.417. The van der Waals surface area contributed by atoms with Crippen LogP contribution in [-0.2, 0) is 14.3 Å². The van der Waals surface area contributed by atoms with Gasteiger partial charge in [0, 0.05) is 11.8 Å². The van der Waals surface area contributed by atoms with Crippen LogP contribution in [0.3, 0.4) is 0 Å². The molecule has 30 heavy (non-hydrogen) atoms. The zero-order chi connectivity index (χ0) is 22.3. The third-order valence-electron chi connectivity index (χ3n) is 5.15. The molecule has 0 aliphatic rings. The lowest BCUT2D eigenvalue weighted by Crippen LogP contribution is -2.45. The highest BCUT2D eigenvalue weighted by molar-refractivity contribution is 5.86. The number of carbonyl (C=O) groups excluding carboxylic acids is 2. The number of aromatic hydroxyl groups is 1. The number of ether oxygens (including phenoxy) is 2. The highest BCUT2D eigenvalue weighted by Gasteiger charge is 2.31. The Morgan fingerprint density at radius 1 is 0.933 bits per heavy atom. The van der Waals surface area contributed by atoms with Gasteiger partial charge in [-0.15, -0.1) is 0 Å². The van der Waals surface area contributed by atoms with Crippen molar-refractivity contribution in [2.75, 3.05) is 14.2 Å². The molecule has 2 aromatic rings. The van der Waals surface area contributed by atoms with E-state index in [2.05, 4.69) is 5.32 Å². The molecule has 2 rings (SSSR count). The van der Waals surface area contributed by atoms with Crippen LogP contribution in [0.25, 0.3) is 0 Å². The maximum Gasteiger partial charge on any atom is 0.328 e.